The van der Waals surface area contributed by atoms with E-state index in [1.165, 1.54) is 0 Å². The Hall–Kier alpha value is -1.06. The molecule has 0 radical (unpaired) electrons. The van der Waals surface area contributed by atoms with E-state index in [1.54, 1.807) is 18.7 Å². The summed E-state index contributed by atoms with van der Waals surface area (Å²) in [6.07, 6.45) is 0.657. The minimum atomic E-state index is -0.791. The van der Waals surface area contributed by atoms with E-state index in [0.717, 1.165) is 0 Å². The van der Waals surface area contributed by atoms with Gasteiger partial charge in [0.1, 0.15) is 11.6 Å². The number of hydrogen-bond acceptors (Lipinski definition) is 2. The highest BCUT2D eigenvalue weighted by atomic mass is 16.2. The molecule has 1 heterocycles. The monoisotopic (exact) mass is 268 g/mol. The van der Waals surface area contributed by atoms with Gasteiger partial charge >= 0.3 is 0 Å². The molecule has 0 aliphatic carbocycles. The molecule has 1 rings (SSSR count). The number of carbonyl (C=O) groups is 2. The summed E-state index contributed by atoms with van der Waals surface area (Å²) >= 11 is 0. The Bertz CT molecular complexity index is 369. The second-order valence-corrected chi connectivity index (χ2v) is 7.26. The average molecular weight is 268 g/mol. The third kappa shape index (κ3) is 3.28. The molecule has 1 aliphatic heterocycles. The number of hydrogen-bond donors (Lipinski definition) is 1. The zero-order chi connectivity index (χ0) is 15.0. The van der Waals surface area contributed by atoms with Crippen LogP contribution in [0.2, 0.25) is 0 Å². The SMILES string of the molecule is CCC1C(=O)NC(C)(C)C(=O)N1CC(C)C(C)(C)C. The maximum Gasteiger partial charge on any atom is 0.248 e. The molecule has 0 saturated carbocycles. The molecule has 1 fully saturated rings. The predicted octanol–water partition coefficient (Wildman–Crippen LogP) is 2.18. The van der Waals surface area contributed by atoms with Gasteiger partial charge in [0.2, 0.25) is 11.8 Å². The molecule has 1 N–H and O–H groups in total. The highest BCUT2D eigenvalue weighted by molar-refractivity contribution is 5.99. The number of amides is 2. The van der Waals surface area contributed by atoms with Crippen LogP contribution in [0, 0.1) is 11.3 Å². The first-order valence-corrected chi connectivity index (χ1v) is 7.13. The van der Waals surface area contributed by atoms with Crippen molar-refractivity contribution < 1.29 is 9.59 Å². The van der Waals surface area contributed by atoms with Crippen LogP contribution in [0.15, 0.2) is 0 Å². The Morgan fingerprint density at radius 1 is 1.32 bits per heavy atom. The van der Waals surface area contributed by atoms with E-state index in [-0.39, 0.29) is 23.3 Å². The third-order valence-electron chi connectivity index (χ3n) is 4.25. The molecule has 0 aromatic carbocycles. The fourth-order valence-corrected chi connectivity index (χ4v) is 2.27. The Balaban J connectivity index is 2.98. The number of nitrogens with one attached hydrogen (secondary N) is 1. The molecule has 4 nitrogen and oxygen atoms in total. The largest absolute Gasteiger partial charge is 0.340 e. The van der Waals surface area contributed by atoms with Gasteiger partial charge in [-0.3, -0.25) is 9.59 Å². The summed E-state index contributed by atoms with van der Waals surface area (Å²) < 4.78 is 0. The van der Waals surface area contributed by atoms with Crippen molar-refractivity contribution in [1.29, 1.82) is 0 Å². The van der Waals surface area contributed by atoms with Crippen LogP contribution in [0.1, 0.15) is 54.9 Å². The standard InChI is InChI=1S/C15H28N2O2/c1-8-11-12(18)16-15(6,7)13(19)17(11)9-10(2)14(3,4)5/h10-11H,8-9H2,1-7H3,(H,16,18). The van der Waals surface area contributed by atoms with Crippen molar-refractivity contribution in [2.24, 2.45) is 11.3 Å². The zero-order valence-corrected chi connectivity index (χ0v) is 13.3. The van der Waals surface area contributed by atoms with Crippen molar-refractivity contribution in [3.63, 3.8) is 0 Å². The molecular weight excluding hydrogens is 240 g/mol. The van der Waals surface area contributed by atoms with Crippen LogP contribution in [0.3, 0.4) is 0 Å². The van der Waals surface area contributed by atoms with Gasteiger partial charge in [0.05, 0.1) is 0 Å². The predicted molar refractivity (Wildman–Crippen MR) is 76.6 cm³/mol. The van der Waals surface area contributed by atoms with Crippen LogP contribution in [-0.2, 0) is 9.59 Å². The Labute approximate surface area is 116 Å². The summed E-state index contributed by atoms with van der Waals surface area (Å²) in [4.78, 5) is 26.4. The molecule has 1 aliphatic rings. The maximum absolute atomic E-state index is 12.5. The molecule has 110 valence electrons. The second kappa shape index (κ2) is 5.14. The van der Waals surface area contributed by atoms with E-state index in [2.05, 4.69) is 33.0 Å². The van der Waals surface area contributed by atoms with Gasteiger partial charge in [-0.25, -0.2) is 0 Å². The highest BCUT2D eigenvalue weighted by Gasteiger charge is 2.45. The number of carbonyl (C=O) groups excluding carboxylic acids is 2. The topological polar surface area (TPSA) is 49.4 Å². The molecule has 0 spiro atoms. The van der Waals surface area contributed by atoms with Gasteiger partial charge in [-0.1, -0.05) is 34.6 Å². The average Bonchev–Trinajstić information content (AvgIpc) is 2.23. The van der Waals surface area contributed by atoms with E-state index in [9.17, 15) is 9.59 Å². The van der Waals surface area contributed by atoms with Crippen molar-refractivity contribution in [3.8, 4) is 0 Å². The van der Waals surface area contributed by atoms with Gasteiger partial charge in [-0.2, -0.15) is 0 Å². The second-order valence-electron chi connectivity index (χ2n) is 7.26. The Morgan fingerprint density at radius 2 is 1.84 bits per heavy atom. The quantitative estimate of drug-likeness (QED) is 0.853. The first-order chi connectivity index (χ1) is 8.50. The molecule has 2 atom stereocenters. The molecule has 0 bridgehead atoms. The first-order valence-electron chi connectivity index (χ1n) is 7.13. The van der Waals surface area contributed by atoms with Crippen molar-refractivity contribution in [2.75, 3.05) is 6.54 Å². The van der Waals surface area contributed by atoms with Gasteiger partial charge in [0.15, 0.2) is 0 Å². The third-order valence-corrected chi connectivity index (χ3v) is 4.25. The van der Waals surface area contributed by atoms with E-state index >= 15 is 0 Å². The number of piperazine rings is 1. The minimum Gasteiger partial charge on any atom is -0.340 e. The van der Waals surface area contributed by atoms with Crippen LogP contribution < -0.4 is 5.32 Å². The fourth-order valence-electron chi connectivity index (χ4n) is 2.27. The van der Waals surface area contributed by atoms with E-state index in [0.29, 0.717) is 18.9 Å². The van der Waals surface area contributed by atoms with Crippen molar-refractivity contribution in [2.45, 2.75) is 66.5 Å². The summed E-state index contributed by atoms with van der Waals surface area (Å²) in [6.45, 7) is 14.8. The van der Waals surface area contributed by atoms with E-state index in [4.69, 9.17) is 0 Å². The lowest BCUT2D eigenvalue weighted by Gasteiger charge is -2.45. The summed E-state index contributed by atoms with van der Waals surface area (Å²) in [5.41, 5.74) is -0.670. The zero-order valence-electron chi connectivity index (χ0n) is 13.3. The summed E-state index contributed by atoms with van der Waals surface area (Å²) in [5.74, 6) is 0.329. The van der Waals surface area contributed by atoms with Crippen LogP contribution >= 0.6 is 0 Å². The molecule has 0 aromatic heterocycles. The van der Waals surface area contributed by atoms with Crippen LogP contribution in [0.5, 0.6) is 0 Å². The van der Waals surface area contributed by atoms with Crippen molar-refractivity contribution in [1.82, 2.24) is 10.2 Å². The summed E-state index contributed by atoms with van der Waals surface area (Å²) in [6, 6.07) is -0.328. The van der Waals surface area contributed by atoms with Crippen LogP contribution in [0.4, 0.5) is 0 Å². The van der Waals surface area contributed by atoms with Gasteiger partial charge < -0.3 is 10.2 Å². The maximum atomic E-state index is 12.5. The number of nitrogens with zero attached hydrogens (tertiary/aromatic N) is 1. The van der Waals surface area contributed by atoms with Gasteiger partial charge in [-0.05, 0) is 31.6 Å². The Morgan fingerprint density at radius 3 is 2.26 bits per heavy atom. The lowest BCUT2D eigenvalue weighted by atomic mass is 9.81. The van der Waals surface area contributed by atoms with Crippen LogP contribution in [-0.4, -0.2) is 34.8 Å². The summed E-state index contributed by atoms with van der Waals surface area (Å²) in [5, 5.41) is 2.82. The smallest absolute Gasteiger partial charge is 0.248 e. The molecule has 2 unspecified atom stereocenters. The molecule has 2 amide bonds. The number of rotatable bonds is 3. The lowest BCUT2D eigenvalue weighted by Crippen LogP contribution is -2.68. The van der Waals surface area contributed by atoms with Crippen molar-refractivity contribution >= 4 is 11.8 Å². The van der Waals surface area contributed by atoms with E-state index in [1.807, 2.05) is 6.92 Å². The van der Waals surface area contributed by atoms with Gasteiger partial charge in [0, 0.05) is 6.54 Å². The molecular formula is C15H28N2O2. The van der Waals surface area contributed by atoms with Gasteiger partial charge in [-0.15, -0.1) is 0 Å². The summed E-state index contributed by atoms with van der Waals surface area (Å²) in [7, 11) is 0. The molecule has 1 saturated heterocycles. The first kappa shape index (κ1) is 16.0. The molecule has 0 aromatic rings. The normalized spacial score (nSPS) is 25.2. The Kier molecular flexibility index (Phi) is 4.33. The highest BCUT2D eigenvalue weighted by Crippen LogP contribution is 2.29. The van der Waals surface area contributed by atoms with E-state index < -0.39 is 5.54 Å². The van der Waals surface area contributed by atoms with Gasteiger partial charge in [0.25, 0.3) is 0 Å². The van der Waals surface area contributed by atoms with Crippen LogP contribution in [0.25, 0.3) is 0 Å². The fraction of sp³-hybridized carbons (Fsp3) is 0.867. The van der Waals surface area contributed by atoms with Crippen molar-refractivity contribution in [3.05, 3.63) is 0 Å². The lowest BCUT2D eigenvalue weighted by molar-refractivity contribution is -0.154. The molecule has 4 heteroatoms. The minimum absolute atomic E-state index is 0.0232. The molecule has 19 heavy (non-hydrogen) atoms.